The SMILES string of the molecule is C=C.C=C.C=N/C=C\C(c1cccnc1)N(C)Cc1ccc(C)cc1NC. The van der Waals surface area contributed by atoms with Gasteiger partial charge in [-0.25, -0.2) is 0 Å². The van der Waals surface area contributed by atoms with Crippen molar-refractivity contribution in [2.75, 3.05) is 19.4 Å². The summed E-state index contributed by atoms with van der Waals surface area (Å²) in [6.45, 7) is 18.4. The Bertz CT molecular complexity index is 693. The van der Waals surface area contributed by atoms with Crippen molar-refractivity contribution in [3.63, 3.8) is 0 Å². The maximum absolute atomic E-state index is 4.23. The molecule has 1 aromatic heterocycles. The summed E-state index contributed by atoms with van der Waals surface area (Å²) in [5, 5.41) is 3.28. The van der Waals surface area contributed by atoms with Gasteiger partial charge in [0.2, 0.25) is 0 Å². The van der Waals surface area contributed by atoms with E-state index in [0.29, 0.717) is 0 Å². The lowest BCUT2D eigenvalue weighted by Crippen LogP contribution is -2.23. The van der Waals surface area contributed by atoms with Crippen LogP contribution in [0.1, 0.15) is 22.7 Å². The van der Waals surface area contributed by atoms with E-state index in [1.54, 1.807) is 12.4 Å². The monoisotopic (exact) mass is 364 g/mol. The summed E-state index contributed by atoms with van der Waals surface area (Å²) in [7, 11) is 4.06. The maximum atomic E-state index is 4.23. The molecule has 1 unspecified atom stereocenters. The van der Waals surface area contributed by atoms with Gasteiger partial charge in [-0.2, -0.15) is 0 Å². The van der Waals surface area contributed by atoms with Gasteiger partial charge in [0.05, 0.1) is 6.04 Å². The van der Waals surface area contributed by atoms with Gasteiger partial charge in [-0.1, -0.05) is 18.2 Å². The average Bonchev–Trinajstić information content (AvgIpc) is 2.73. The highest BCUT2D eigenvalue weighted by Crippen LogP contribution is 2.25. The lowest BCUT2D eigenvalue weighted by molar-refractivity contribution is 0.277. The molecule has 144 valence electrons. The lowest BCUT2D eigenvalue weighted by atomic mass is 10.1. The summed E-state index contributed by atoms with van der Waals surface area (Å²) < 4.78 is 0. The summed E-state index contributed by atoms with van der Waals surface area (Å²) in [6.07, 6.45) is 7.46. The molecule has 0 aliphatic rings. The second kappa shape index (κ2) is 14.2. The minimum atomic E-state index is 0.0974. The molecule has 0 saturated heterocycles. The molecule has 0 aliphatic carbocycles. The van der Waals surface area contributed by atoms with Crippen molar-refractivity contribution in [2.24, 2.45) is 4.99 Å². The van der Waals surface area contributed by atoms with Crippen LogP contribution in [-0.2, 0) is 6.54 Å². The molecule has 4 heteroatoms. The van der Waals surface area contributed by atoms with Gasteiger partial charge >= 0.3 is 0 Å². The van der Waals surface area contributed by atoms with E-state index in [9.17, 15) is 0 Å². The zero-order valence-electron chi connectivity index (χ0n) is 16.9. The first-order valence-electron chi connectivity index (χ1n) is 8.65. The van der Waals surface area contributed by atoms with Gasteiger partial charge in [0.15, 0.2) is 0 Å². The highest BCUT2D eigenvalue weighted by Gasteiger charge is 2.16. The molecule has 0 aliphatic heterocycles. The van der Waals surface area contributed by atoms with Crippen LogP contribution in [0.2, 0.25) is 0 Å². The molecule has 0 bridgehead atoms. The second-order valence-electron chi connectivity index (χ2n) is 5.58. The molecule has 2 rings (SSSR count). The van der Waals surface area contributed by atoms with Gasteiger partial charge in [-0.05, 0) is 55.6 Å². The van der Waals surface area contributed by atoms with Crippen LogP contribution in [0.15, 0.2) is 86.3 Å². The zero-order valence-corrected chi connectivity index (χ0v) is 16.9. The topological polar surface area (TPSA) is 40.5 Å². The molecule has 0 fully saturated rings. The van der Waals surface area contributed by atoms with Gasteiger partial charge in [0, 0.05) is 37.9 Å². The van der Waals surface area contributed by atoms with Crippen molar-refractivity contribution in [3.05, 3.63) is 98.0 Å². The first-order chi connectivity index (χ1) is 13.2. The first kappa shape index (κ1) is 24.0. The molecule has 0 radical (unpaired) electrons. The summed E-state index contributed by atoms with van der Waals surface area (Å²) in [5.41, 5.74) is 4.80. The fourth-order valence-corrected chi connectivity index (χ4v) is 2.63. The van der Waals surface area contributed by atoms with Gasteiger partial charge in [-0.3, -0.25) is 14.9 Å². The highest BCUT2D eigenvalue weighted by molar-refractivity contribution is 5.52. The Morgan fingerprint density at radius 3 is 2.48 bits per heavy atom. The van der Waals surface area contributed by atoms with E-state index in [1.807, 2.05) is 25.4 Å². The standard InChI is InChI=1S/C19H24N4.2C2H4/c1-15-7-8-17(18(12-15)21-3)14-23(4)19(9-11-20-2)16-6-5-10-22-13-16;2*1-2/h5-13,19,21H,2,14H2,1,3-4H3;2*1-2H2/b11-9-;;. The quantitative estimate of drug-likeness (QED) is 0.526. The van der Waals surface area contributed by atoms with Crippen LogP contribution >= 0.6 is 0 Å². The van der Waals surface area contributed by atoms with Crippen molar-refractivity contribution in [3.8, 4) is 0 Å². The largest absolute Gasteiger partial charge is 0.388 e. The van der Waals surface area contributed by atoms with Crippen molar-refractivity contribution in [1.29, 1.82) is 0 Å². The van der Waals surface area contributed by atoms with Gasteiger partial charge in [0.25, 0.3) is 0 Å². The first-order valence-corrected chi connectivity index (χ1v) is 8.65. The van der Waals surface area contributed by atoms with Gasteiger partial charge < -0.3 is 5.32 Å². The Kier molecular flexibility index (Phi) is 12.6. The van der Waals surface area contributed by atoms with E-state index < -0.39 is 0 Å². The predicted molar refractivity (Wildman–Crippen MR) is 120 cm³/mol. The second-order valence-corrected chi connectivity index (χ2v) is 5.58. The molecule has 0 spiro atoms. The molecule has 1 atom stereocenters. The Morgan fingerprint density at radius 2 is 1.93 bits per heavy atom. The molecule has 1 heterocycles. The van der Waals surface area contributed by atoms with Gasteiger partial charge in [-0.15, -0.1) is 26.3 Å². The van der Waals surface area contributed by atoms with Crippen molar-refractivity contribution in [1.82, 2.24) is 9.88 Å². The van der Waals surface area contributed by atoms with Crippen molar-refractivity contribution < 1.29 is 0 Å². The van der Waals surface area contributed by atoms with Crippen LogP contribution in [0.25, 0.3) is 0 Å². The Labute approximate surface area is 164 Å². The third-order valence-corrected chi connectivity index (χ3v) is 3.83. The fraction of sp³-hybridized carbons (Fsp3) is 0.217. The number of nitrogens with zero attached hydrogens (tertiary/aromatic N) is 3. The van der Waals surface area contributed by atoms with Crippen molar-refractivity contribution in [2.45, 2.75) is 19.5 Å². The highest BCUT2D eigenvalue weighted by atomic mass is 15.1. The van der Waals surface area contributed by atoms with E-state index >= 15 is 0 Å². The fourth-order valence-electron chi connectivity index (χ4n) is 2.63. The number of aliphatic imine (C=N–C) groups is 1. The van der Waals surface area contributed by atoms with E-state index in [1.165, 1.54) is 11.1 Å². The Morgan fingerprint density at radius 1 is 1.22 bits per heavy atom. The number of aromatic nitrogens is 1. The number of hydrogen-bond acceptors (Lipinski definition) is 4. The van der Waals surface area contributed by atoms with E-state index in [-0.39, 0.29) is 6.04 Å². The van der Waals surface area contributed by atoms with E-state index in [0.717, 1.165) is 17.8 Å². The molecule has 1 N–H and O–H groups in total. The summed E-state index contributed by atoms with van der Waals surface area (Å²) >= 11 is 0. The number of rotatable bonds is 7. The predicted octanol–water partition coefficient (Wildman–Crippen LogP) is 5.42. The minimum Gasteiger partial charge on any atom is -0.388 e. The van der Waals surface area contributed by atoms with Crippen molar-refractivity contribution >= 4 is 12.4 Å². The van der Waals surface area contributed by atoms with Crippen LogP contribution in [-0.4, -0.2) is 30.7 Å². The number of benzene rings is 1. The third kappa shape index (κ3) is 7.84. The van der Waals surface area contributed by atoms with Crippen LogP contribution in [0, 0.1) is 6.92 Å². The zero-order chi connectivity index (χ0) is 20.7. The molecule has 2 aromatic rings. The van der Waals surface area contributed by atoms with Crippen LogP contribution < -0.4 is 5.32 Å². The molecule has 0 saturated carbocycles. The third-order valence-electron chi connectivity index (χ3n) is 3.83. The number of hydrogen-bond donors (Lipinski definition) is 1. The van der Waals surface area contributed by atoms with E-state index in [2.05, 4.69) is 91.5 Å². The van der Waals surface area contributed by atoms with Gasteiger partial charge in [0.1, 0.15) is 0 Å². The number of aryl methyl sites for hydroxylation is 1. The summed E-state index contributed by atoms with van der Waals surface area (Å²) in [5.74, 6) is 0. The number of nitrogens with one attached hydrogen (secondary N) is 1. The van der Waals surface area contributed by atoms with Crippen LogP contribution in [0.3, 0.4) is 0 Å². The maximum Gasteiger partial charge on any atom is 0.0564 e. The molecular formula is C23H32N4. The van der Waals surface area contributed by atoms with Crippen LogP contribution in [0.5, 0.6) is 0 Å². The number of likely N-dealkylation sites (N-methyl/N-ethyl adjacent to an activating group) is 1. The van der Waals surface area contributed by atoms with E-state index in [4.69, 9.17) is 0 Å². The molecule has 0 amide bonds. The Balaban J connectivity index is 0.00000158. The molecule has 4 nitrogen and oxygen atoms in total. The van der Waals surface area contributed by atoms with Crippen LogP contribution in [0.4, 0.5) is 5.69 Å². The molecule has 27 heavy (non-hydrogen) atoms. The minimum absolute atomic E-state index is 0.0974. The summed E-state index contributed by atoms with van der Waals surface area (Å²) in [6, 6.07) is 10.6. The molecule has 1 aromatic carbocycles. The summed E-state index contributed by atoms with van der Waals surface area (Å²) in [4.78, 5) is 10.3. The molecular weight excluding hydrogens is 332 g/mol. The smallest absolute Gasteiger partial charge is 0.0564 e. The normalized spacial score (nSPS) is 11.0. The average molecular weight is 365 g/mol. The lowest BCUT2D eigenvalue weighted by Gasteiger charge is -2.26. The Hall–Kier alpha value is -2.98. The number of pyridine rings is 1. The number of anilines is 1.